The molecule has 2 nitrogen and oxygen atoms in total. The van der Waals surface area contributed by atoms with Crippen LogP contribution in [0.2, 0.25) is 0 Å². The summed E-state index contributed by atoms with van der Waals surface area (Å²) in [6.07, 6.45) is 2.04. The van der Waals surface area contributed by atoms with E-state index in [1.807, 2.05) is 20.8 Å². The van der Waals surface area contributed by atoms with Crippen molar-refractivity contribution in [2.75, 3.05) is 0 Å². The Kier molecular flexibility index (Phi) is 2.95. The molecule has 0 spiro atoms. The summed E-state index contributed by atoms with van der Waals surface area (Å²) in [5.41, 5.74) is 1.35. The van der Waals surface area contributed by atoms with Gasteiger partial charge in [-0.05, 0) is 19.4 Å². The summed E-state index contributed by atoms with van der Waals surface area (Å²) in [6, 6.07) is 0. The Morgan fingerprint density at radius 1 is 1.64 bits per heavy atom. The second-order valence-electron chi connectivity index (χ2n) is 4.51. The molecule has 0 aromatic rings. The molecule has 2 atom stereocenters. The van der Waals surface area contributed by atoms with Gasteiger partial charge in [-0.1, -0.05) is 18.6 Å². The molecule has 0 amide bonds. The van der Waals surface area contributed by atoms with Crippen LogP contribution in [0.15, 0.2) is 23.8 Å². The molecule has 0 aromatic heterocycles. The lowest BCUT2D eigenvalue weighted by atomic mass is 9.70. The van der Waals surface area contributed by atoms with E-state index in [4.69, 9.17) is 0 Å². The fourth-order valence-electron chi connectivity index (χ4n) is 1.80. The Hall–Kier alpha value is -0.890. The van der Waals surface area contributed by atoms with Crippen molar-refractivity contribution in [3.8, 4) is 0 Å². The van der Waals surface area contributed by atoms with Crippen LogP contribution in [0.4, 0.5) is 0 Å². The highest BCUT2D eigenvalue weighted by molar-refractivity contribution is 5.97. The van der Waals surface area contributed by atoms with Crippen molar-refractivity contribution in [1.29, 1.82) is 0 Å². The number of hydrogen-bond acceptors (Lipinski definition) is 2. The Morgan fingerprint density at radius 2 is 2.21 bits per heavy atom. The number of hydrogen-bond donors (Lipinski definition) is 1. The lowest BCUT2D eigenvalue weighted by Crippen LogP contribution is -2.38. The predicted octanol–water partition coefficient (Wildman–Crippen LogP) is 2.24. The van der Waals surface area contributed by atoms with Gasteiger partial charge in [0.1, 0.15) is 0 Å². The maximum atomic E-state index is 11.7. The maximum Gasteiger partial charge on any atom is 0.159 e. The summed E-state index contributed by atoms with van der Waals surface area (Å²) in [4.78, 5) is 11.7. The molecule has 0 aromatic carbocycles. The van der Waals surface area contributed by atoms with Crippen molar-refractivity contribution < 1.29 is 9.90 Å². The molecule has 0 heterocycles. The number of allylic oxidation sites excluding steroid dienone is 1. The number of Topliss-reactive ketones (excluding diaryl/α,β-unsaturated/α-hetero) is 1. The van der Waals surface area contributed by atoms with E-state index in [1.54, 1.807) is 6.08 Å². The number of aliphatic hydroxyl groups excluding tert-OH is 1. The van der Waals surface area contributed by atoms with Crippen LogP contribution in [0, 0.1) is 5.41 Å². The summed E-state index contributed by atoms with van der Waals surface area (Å²) in [5.74, 6) is 0.151. The van der Waals surface area contributed by atoms with Crippen molar-refractivity contribution in [3.05, 3.63) is 23.8 Å². The van der Waals surface area contributed by atoms with Crippen LogP contribution >= 0.6 is 0 Å². The fraction of sp³-hybridized carbons (Fsp3) is 0.583. The normalized spacial score (nSPS) is 33.0. The molecular formula is C12H18O2. The van der Waals surface area contributed by atoms with E-state index in [1.165, 1.54) is 0 Å². The number of carbonyl (C=O) groups excluding carboxylic acids is 1. The van der Waals surface area contributed by atoms with Gasteiger partial charge in [-0.2, -0.15) is 0 Å². The van der Waals surface area contributed by atoms with Crippen molar-refractivity contribution in [3.63, 3.8) is 0 Å². The second-order valence-corrected chi connectivity index (χ2v) is 4.51. The fourth-order valence-corrected chi connectivity index (χ4v) is 1.80. The van der Waals surface area contributed by atoms with Gasteiger partial charge in [-0.3, -0.25) is 4.79 Å². The van der Waals surface area contributed by atoms with Gasteiger partial charge in [0.05, 0.1) is 6.10 Å². The van der Waals surface area contributed by atoms with Crippen LogP contribution in [0.3, 0.4) is 0 Å². The molecule has 1 rings (SSSR count). The number of carbonyl (C=O) groups is 1. The minimum atomic E-state index is -0.484. The minimum Gasteiger partial charge on any atom is -0.392 e. The summed E-state index contributed by atoms with van der Waals surface area (Å²) >= 11 is 0. The van der Waals surface area contributed by atoms with Gasteiger partial charge in [0.25, 0.3) is 0 Å². The SMILES string of the molecule is C=C[C@@]1(C)CC(=O)C(=C(C)C)C[C@@H]1O. The molecule has 1 N–H and O–H groups in total. The van der Waals surface area contributed by atoms with Gasteiger partial charge in [0, 0.05) is 18.3 Å². The molecular weight excluding hydrogens is 176 g/mol. The highest BCUT2D eigenvalue weighted by Gasteiger charge is 2.39. The first-order chi connectivity index (χ1) is 6.40. The Bertz CT molecular complexity index is 297. The smallest absolute Gasteiger partial charge is 0.159 e. The molecule has 1 aliphatic rings. The van der Waals surface area contributed by atoms with E-state index in [0.717, 1.165) is 11.1 Å². The third kappa shape index (κ3) is 1.80. The highest BCUT2D eigenvalue weighted by Crippen LogP contribution is 2.38. The van der Waals surface area contributed by atoms with Crippen LogP contribution < -0.4 is 0 Å². The molecule has 2 heteroatoms. The first-order valence-corrected chi connectivity index (χ1v) is 4.92. The number of aliphatic hydroxyl groups is 1. The van der Waals surface area contributed by atoms with Crippen LogP contribution in [0.5, 0.6) is 0 Å². The summed E-state index contributed by atoms with van der Waals surface area (Å²) < 4.78 is 0. The molecule has 14 heavy (non-hydrogen) atoms. The van der Waals surface area contributed by atoms with Crippen LogP contribution in [-0.2, 0) is 4.79 Å². The van der Waals surface area contributed by atoms with Gasteiger partial charge in [0.2, 0.25) is 0 Å². The Labute approximate surface area is 85.3 Å². The van der Waals surface area contributed by atoms with Gasteiger partial charge in [-0.25, -0.2) is 0 Å². The molecule has 0 unspecified atom stereocenters. The first kappa shape index (κ1) is 11.2. The third-order valence-corrected chi connectivity index (χ3v) is 3.11. The standard InChI is InChI=1S/C12H18O2/c1-5-12(4)7-10(13)9(8(2)3)6-11(12)14/h5,11,14H,1,6-7H2,2-4H3/t11-,12-/m0/s1. The molecule has 1 fully saturated rings. The van der Waals surface area contributed by atoms with E-state index >= 15 is 0 Å². The summed E-state index contributed by atoms with van der Waals surface area (Å²) in [5, 5.41) is 9.91. The number of rotatable bonds is 1. The largest absolute Gasteiger partial charge is 0.392 e. The average molecular weight is 194 g/mol. The topological polar surface area (TPSA) is 37.3 Å². The van der Waals surface area contributed by atoms with Gasteiger partial charge < -0.3 is 5.11 Å². The van der Waals surface area contributed by atoms with E-state index in [2.05, 4.69) is 6.58 Å². The van der Waals surface area contributed by atoms with E-state index in [9.17, 15) is 9.90 Å². The first-order valence-electron chi connectivity index (χ1n) is 4.92. The maximum absolute atomic E-state index is 11.7. The second kappa shape index (κ2) is 3.70. The van der Waals surface area contributed by atoms with Crippen LogP contribution in [-0.4, -0.2) is 17.0 Å². The highest BCUT2D eigenvalue weighted by atomic mass is 16.3. The minimum absolute atomic E-state index is 0.151. The molecule has 0 saturated heterocycles. The zero-order chi connectivity index (χ0) is 10.9. The van der Waals surface area contributed by atoms with Gasteiger partial charge in [-0.15, -0.1) is 6.58 Å². The van der Waals surface area contributed by atoms with E-state index < -0.39 is 11.5 Å². The molecule has 0 bridgehead atoms. The Morgan fingerprint density at radius 3 is 2.64 bits per heavy atom. The molecule has 0 radical (unpaired) electrons. The van der Waals surface area contributed by atoms with Crippen molar-refractivity contribution in [2.45, 2.75) is 39.7 Å². The van der Waals surface area contributed by atoms with Gasteiger partial charge >= 0.3 is 0 Å². The molecule has 1 saturated carbocycles. The zero-order valence-electron chi connectivity index (χ0n) is 9.13. The lowest BCUT2D eigenvalue weighted by molar-refractivity contribution is -0.121. The van der Waals surface area contributed by atoms with E-state index in [-0.39, 0.29) is 5.78 Å². The third-order valence-electron chi connectivity index (χ3n) is 3.11. The molecule has 1 aliphatic carbocycles. The van der Waals surface area contributed by atoms with E-state index in [0.29, 0.717) is 12.8 Å². The Balaban J connectivity index is 2.99. The lowest BCUT2D eigenvalue weighted by Gasteiger charge is -2.36. The van der Waals surface area contributed by atoms with Crippen molar-refractivity contribution in [1.82, 2.24) is 0 Å². The van der Waals surface area contributed by atoms with Gasteiger partial charge in [0.15, 0.2) is 5.78 Å². The monoisotopic (exact) mass is 194 g/mol. The molecule has 0 aliphatic heterocycles. The van der Waals surface area contributed by atoms with Crippen molar-refractivity contribution >= 4 is 5.78 Å². The summed E-state index contributed by atoms with van der Waals surface area (Å²) in [7, 11) is 0. The van der Waals surface area contributed by atoms with Crippen LogP contribution in [0.1, 0.15) is 33.6 Å². The zero-order valence-corrected chi connectivity index (χ0v) is 9.13. The quantitative estimate of drug-likeness (QED) is 0.513. The average Bonchev–Trinajstić information content (AvgIpc) is 2.11. The number of ketones is 1. The predicted molar refractivity (Wildman–Crippen MR) is 56.9 cm³/mol. The summed E-state index contributed by atoms with van der Waals surface area (Å²) in [6.45, 7) is 9.39. The van der Waals surface area contributed by atoms with Crippen molar-refractivity contribution in [2.24, 2.45) is 5.41 Å². The molecule has 78 valence electrons. The van der Waals surface area contributed by atoms with Crippen LogP contribution in [0.25, 0.3) is 0 Å².